The minimum absolute atomic E-state index is 0.678. The van der Waals surface area contributed by atoms with Crippen LogP contribution in [0.2, 0.25) is 0 Å². The topological polar surface area (TPSA) is 24.1 Å². The summed E-state index contributed by atoms with van der Waals surface area (Å²) in [6.07, 6.45) is 3.87. The molecular formula is C17H28N2. The van der Waals surface area contributed by atoms with E-state index in [1.54, 1.807) is 0 Å². The second-order valence-electron chi connectivity index (χ2n) is 5.88. The van der Waals surface area contributed by atoms with Gasteiger partial charge in [-0.1, -0.05) is 38.1 Å². The zero-order chi connectivity index (χ0) is 13.5. The highest BCUT2D eigenvalue weighted by atomic mass is 14.9. The van der Waals surface area contributed by atoms with Gasteiger partial charge in [0.15, 0.2) is 0 Å². The van der Waals surface area contributed by atoms with E-state index >= 15 is 0 Å². The Bertz CT molecular complexity index is 352. The zero-order valence-electron chi connectivity index (χ0n) is 12.4. The minimum atomic E-state index is 0.678. The fourth-order valence-electron chi connectivity index (χ4n) is 2.70. The molecule has 1 aliphatic rings. The molecule has 0 aromatic heterocycles. The molecule has 1 heterocycles. The summed E-state index contributed by atoms with van der Waals surface area (Å²) in [6, 6.07) is 9.11. The Hall–Kier alpha value is -0.860. The maximum Gasteiger partial charge on any atom is 0.0205 e. The largest absolute Gasteiger partial charge is 0.316 e. The highest BCUT2D eigenvalue weighted by molar-refractivity contribution is 5.24. The molecule has 1 aromatic carbocycles. The number of hydrogen-bond donors (Lipinski definition) is 2. The van der Waals surface area contributed by atoms with Gasteiger partial charge in [0, 0.05) is 6.54 Å². The fraction of sp³-hybridized carbons (Fsp3) is 0.647. The van der Waals surface area contributed by atoms with Crippen LogP contribution >= 0.6 is 0 Å². The SMILES string of the molecule is CCC(C)c1ccc(CNCCC2CCNC2)cc1. The first-order valence-electron chi connectivity index (χ1n) is 7.80. The van der Waals surface area contributed by atoms with Crippen molar-refractivity contribution in [2.75, 3.05) is 19.6 Å². The molecule has 1 aliphatic heterocycles. The van der Waals surface area contributed by atoms with Crippen molar-refractivity contribution in [3.63, 3.8) is 0 Å². The first-order chi connectivity index (χ1) is 9.29. The van der Waals surface area contributed by atoms with Crippen LogP contribution in [-0.4, -0.2) is 19.6 Å². The van der Waals surface area contributed by atoms with Crippen LogP contribution in [0, 0.1) is 5.92 Å². The third kappa shape index (κ3) is 4.63. The van der Waals surface area contributed by atoms with Crippen LogP contribution in [-0.2, 0) is 6.54 Å². The van der Waals surface area contributed by atoms with Gasteiger partial charge >= 0.3 is 0 Å². The van der Waals surface area contributed by atoms with E-state index in [0.29, 0.717) is 5.92 Å². The van der Waals surface area contributed by atoms with Gasteiger partial charge in [-0.05, 0) is 61.9 Å². The maximum absolute atomic E-state index is 3.56. The van der Waals surface area contributed by atoms with Gasteiger partial charge < -0.3 is 10.6 Å². The van der Waals surface area contributed by atoms with E-state index < -0.39 is 0 Å². The summed E-state index contributed by atoms with van der Waals surface area (Å²) in [4.78, 5) is 0. The second-order valence-corrected chi connectivity index (χ2v) is 5.88. The van der Waals surface area contributed by atoms with E-state index in [9.17, 15) is 0 Å². The molecule has 0 radical (unpaired) electrons. The number of rotatable bonds is 7. The van der Waals surface area contributed by atoms with Gasteiger partial charge in [-0.15, -0.1) is 0 Å². The Morgan fingerprint density at radius 1 is 1.32 bits per heavy atom. The van der Waals surface area contributed by atoms with E-state index in [2.05, 4.69) is 48.7 Å². The summed E-state index contributed by atoms with van der Waals surface area (Å²) in [5.74, 6) is 1.57. The highest BCUT2D eigenvalue weighted by Gasteiger charge is 2.13. The van der Waals surface area contributed by atoms with Gasteiger partial charge in [-0.3, -0.25) is 0 Å². The molecule has 0 bridgehead atoms. The van der Waals surface area contributed by atoms with Gasteiger partial charge in [-0.25, -0.2) is 0 Å². The summed E-state index contributed by atoms with van der Waals surface area (Å²) < 4.78 is 0. The van der Waals surface area contributed by atoms with Crippen molar-refractivity contribution in [2.45, 2.75) is 45.6 Å². The standard InChI is InChI=1S/C17H28N2/c1-3-14(2)17-6-4-15(5-7-17)12-18-10-8-16-9-11-19-13-16/h4-7,14,16,18-19H,3,8-13H2,1-2H3. The molecule has 2 atom stereocenters. The van der Waals surface area contributed by atoms with Crippen LogP contribution < -0.4 is 10.6 Å². The lowest BCUT2D eigenvalue weighted by Gasteiger charge is -2.11. The van der Waals surface area contributed by atoms with E-state index in [0.717, 1.165) is 19.0 Å². The third-order valence-corrected chi connectivity index (χ3v) is 4.38. The first-order valence-corrected chi connectivity index (χ1v) is 7.80. The van der Waals surface area contributed by atoms with Crippen molar-refractivity contribution in [2.24, 2.45) is 5.92 Å². The molecule has 106 valence electrons. The molecule has 2 nitrogen and oxygen atoms in total. The second kappa shape index (κ2) is 7.66. The van der Waals surface area contributed by atoms with E-state index in [1.807, 2.05) is 0 Å². The van der Waals surface area contributed by atoms with Crippen LogP contribution in [0.1, 0.15) is 50.2 Å². The predicted molar refractivity (Wildman–Crippen MR) is 82.4 cm³/mol. The molecule has 19 heavy (non-hydrogen) atoms. The van der Waals surface area contributed by atoms with Crippen LogP contribution in [0.5, 0.6) is 0 Å². The maximum atomic E-state index is 3.56. The average molecular weight is 260 g/mol. The summed E-state index contributed by atoms with van der Waals surface area (Å²) in [7, 11) is 0. The highest BCUT2D eigenvalue weighted by Crippen LogP contribution is 2.18. The van der Waals surface area contributed by atoms with Crippen LogP contribution in [0.3, 0.4) is 0 Å². The first kappa shape index (κ1) is 14.5. The van der Waals surface area contributed by atoms with Crippen molar-refractivity contribution in [1.29, 1.82) is 0 Å². The summed E-state index contributed by atoms with van der Waals surface area (Å²) >= 11 is 0. The molecule has 0 spiro atoms. The molecule has 1 aromatic rings. The molecule has 2 N–H and O–H groups in total. The third-order valence-electron chi connectivity index (χ3n) is 4.38. The number of hydrogen-bond acceptors (Lipinski definition) is 2. The Labute approximate surface area is 118 Å². The number of nitrogens with one attached hydrogen (secondary N) is 2. The van der Waals surface area contributed by atoms with Crippen LogP contribution in [0.4, 0.5) is 0 Å². The summed E-state index contributed by atoms with van der Waals surface area (Å²) in [6.45, 7) is 9.11. The molecule has 1 saturated heterocycles. The Morgan fingerprint density at radius 2 is 2.11 bits per heavy atom. The Morgan fingerprint density at radius 3 is 2.74 bits per heavy atom. The lowest BCUT2D eigenvalue weighted by molar-refractivity contribution is 0.500. The summed E-state index contributed by atoms with van der Waals surface area (Å²) in [5, 5.41) is 6.99. The molecule has 0 aliphatic carbocycles. The van der Waals surface area contributed by atoms with Gasteiger partial charge in [-0.2, -0.15) is 0 Å². The van der Waals surface area contributed by atoms with Crippen LogP contribution in [0.15, 0.2) is 24.3 Å². The van der Waals surface area contributed by atoms with Crippen molar-refractivity contribution in [3.05, 3.63) is 35.4 Å². The lowest BCUT2D eigenvalue weighted by Crippen LogP contribution is -2.19. The number of benzene rings is 1. The van der Waals surface area contributed by atoms with E-state index in [-0.39, 0.29) is 0 Å². The Kier molecular flexibility index (Phi) is 5.87. The normalized spacial score (nSPS) is 20.6. The molecule has 1 fully saturated rings. The van der Waals surface area contributed by atoms with Crippen molar-refractivity contribution >= 4 is 0 Å². The molecule has 2 unspecified atom stereocenters. The van der Waals surface area contributed by atoms with Gasteiger partial charge in [0.05, 0.1) is 0 Å². The minimum Gasteiger partial charge on any atom is -0.316 e. The van der Waals surface area contributed by atoms with Crippen molar-refractivity contribution < 1.29 is 0 Å². The van der Waals surface area contributed by atoms with Crippen molar-refractivity contribution in [3.8, 4) is 0 Å². The predicted octanol–water partition coefficient (Wildman–Crippen LogP) is 3.29. The average Bonchev–Trinajstić information content (AvgIpc) is 2.96. The summed E-state index contributed by atoms with van der Waals surface area (Å²) in [5.41, 5.74) is 2.86. The monoisotopic (exact) mass is 260 g/mol. The Balaban J connectivity index is 1.67. The molecule has 2 rings (SSSR count). The zero-order valence-corrected chi connectivity index (χ0v) is 12.4. The van der Waals surface area contributed by atoms with Crippen LogP contribution in [0.25, 0.3) is 0 Å². The quantitative estimate of drug-likeness (QED) is 0.735. The lowest BCUT2D eigenvalue weighted by atomic mass is 9.98. The molecule has 2 heteroatoms. The molecule has 0 amide bonds. The smallest absolute Gasteiger partial charge is 0.0205 e. The van der Waals surface area contributed by atoms with Gasteiger partial charge in [0.25, 0.3) is 0 Å². The molecule has 0 saturated carbocycles. The molecular weight excluding hydrogens is 232 g/mol. The van der Waals surface area contributed by atoms with Gasteiger partial charge in [0.1, 0.15) is 0 Å². The van der Waals surface area contributed by atoms with E-state index in [1.165, 1.54) is 43.5 Å². The van der Waals surface area contributed by atoms with Crippen molar-refractivity contribution in [1.82, 2.24) is 10.6 Å². The van der Waals surface area contributed by atoms with E-state index in [4.69, 9.17) is 0 Å². The van der Waals surface area contributed by atoms with Gasteiger partial charge in [0.2, 0.25) is 0 Å². The fourth-order valence-corrected chi connectivity index (χ4v) is 2.70.